The van der Waals surface area contributed by atoms with Gasteiger partial charge in [-0.1, -0.05) is 38.1 Å². The summed E-state index contributed by atoms with van der Waals surface area (Å²) in [5.41, 5.74) is 6.96. The lowest BCUT2D eigenvalue weighted by atomic mass is 9.94. The van der Waals surface area contributed by atoms with E-state index in [0.29, 0.717) is 5.92 Å². The molecule has 0 bridgehead atoms. The smallest absolute Gasteiger partial charge is 0.0451 e. The van der Waals surface area contributed by atoms with E-state index >= 15 is 0 Å². The van der Waals surface area contributed by atoms with Crippen LogP contribution in [0.4, 0.5) is 0 Å². The molecule has 0 aliphatic heterocycles. The van der Waals surface area contributed by atoms with Gasteiger partial charge in [0, 0.05) is 17.8 Å². The van der Waals surface area contributed by atoms with Gasteiger partial charge >= 0.3 is 0 Å². The summed E-state index contributed by atoms with van der Waals surface area (Å²) < 4.78 is 0. The molecule has 1 aromatic carbocycles. The Balaban J connectivity index is 2.09. The van der Waals surface area contributed by atoms with Crippen LogP contribution in [0.2, 0.25) is 0 Å². The van der Waals surface area contributed by atoms with E-state index in [9.17, 15) is 0 Å². The van der Waals surface area contributed by atoms with Gasteiger partial charge in [0.15, 0.2) is 0 Å². The van der Waals surface area contributed by atoms with Crippen LogP contribution in [0.25, 0.3) is 11.6 Å². The van der Waals surface area contributed by atoms with Crippen LogP contribution in [0.15, 0.2) is 36.5 Å². The summed E-state index contributed by atoms with van der Waals surface area (Å²) in [5, 5.41) is 0. The molecule has 1 unspecified atom stereocenters. The van der Waals surface area contributed by atoms with Crippen molar-refractivity contribution in [3.05, 3.63) is 58.9 Å². The minimum Gasteiger partial charge on any atom is -0.361 e. The first-order valence-corrected chi connectivity index (χ1v) is 6.28. The molecule has 1 aromatic heterocycles. The highest BCUT2D eigenvalue weighted by Crippen LogP contribution is 2.41. The summed E-state index contributed by atoms with van der Waals surface area (Å²) in [6, 6.07) is 10.9. The number of hydrogen-bond donors (Lipinski definition) is 1. The Labute approximate surface area is 102 Å². The maximum absolute atomic E-state index is 3.40. The van der Waals surface area contributed by atoms with Crippen molar-refractivity contribution in [3.8, 4) is 0 Å². The maximum atomic E-state index is 3.40. The van der Waals surface area contributed by atoms with E-state index in [2.05, 4.69) is 55.2 Å². The van der Waals surface area contributed by atoms with Crippen molar-refractivity contribution in [1.82, 2.24) is 4.98 Å². The quantitative estimate of drug-likeness (QED) is 0.784. The molecule has 0 fully saturated rings. The van der Waals surface area contributed by atoms with Crippen molar-refractivity contribution in [3.63, 3.8) is 0 Å². The Morgan fingerprint density at radius 3 is 2.76 bits per heavy atom. The van der Waals surface area contributed by atoms with Gasteiger partial charge in [0.2, 0.25) is 0 Å². The summed E-state index contributed by atoms with van der Waals surface area (Å²) in [6.45, 7) is 4.50. The van der Waals surface area contributed by atoms with Crippen LogP contribution in [0.5, 0.6) is 0 Å². The zero-order valence-electron chi connectivity index (χ0n) is 10.3. The molecule has 1 nitrogen and oxygen atoms in total. The third kappa shape index (κ3) is 1.54. The third-order valence-corrected chi connectivity index (χ3v) is 3.74. The van der Waals surface area contributed by atoms with E-state index < -0.39 is 0 Å². The zero-order chi connectivity index (χ0) is 11.8. The van der Waals surface area contributed by atoms with Crippen molar-refractivity contribution in [2.75, 3.05) is 0 Å². The molecule has 86 valence electrons. The molecular formula is C16H17N. The lowest BCUT2D eigenvalue weighted by molar-refractivity contribution is 0.990. The fourth-order valence-corrected chi connectivity index (χ4v) is 2.75. The van der Waals surface area contributed by atoms with Crippen molar-refractivity contribution in [1.29, 1.82) is 0 Å². The molecule has 0 radical (unpaired) electrons. The van der Waals surface area contributed by atoms with Gasteiger partial charge in [0.1, 0.15) is 0 Å². The minimum absolute atomic E-state index is 0.496. The van der Waals surface area contributed by atoms with Crippen LogP contribution < -0.4 is 0 Å². The molecule has 3 rings (SSSR count). The van der Waals surface area contributed by atoms with Crippen molar-refractivity contribution < 1.29 is 0 Å². The fraction of sp³-hybridized carbons (Fsp3) is 0.250. The fourth-order valence-electron chi connectivity index (χ4n) is 2.75. The number of aromatic nitrogens is 1. The summed E-state index contributed by atoms with van der Waals surface area (Å²) in [4.78, 5) is 3.40. The number of benzene rings is 1. The number of hydrogen-bond acceptors (Lipinski definition) is 0. The van der Waals surface area contributed by atoms with Crippen LogP contribution in [-0.2, 0) is 6.42 Å². The Hall–Kier alpha value is -1.76. The predicted octanol–water partition coefficient (Wildman–Crippen LogP) is 4.23. The number of H-pyrrole nitrogens is 1. The maximum Gasteiger partial charge on any atom is 0.0451 e. The van der Waals surface area contributed by atoms with Crippen LogP contribution in [0.1, 0.15) is 42.1 Å². The average Bonchev–Trinajstić information content (AvgIpc) is 2.94. The largest absolute Gasteiger partial charge is 0.361 e. The van der Waals surface area contributed by atoms with Gasteiger partial charge in [-0.25, -0.2) is 0 Å². The van der Waals surface area contributed by atoms with Crippen LogP contribution in [0, 0.1) is 0 Å². The number of nitrogens with one attached hydrogen (secondary N) is 1. The number of fused-ring (bicyclic) bond motifs is 1. The van der Waals surface area contributed by atoms with Crippen molar-refractivity contribution in [2.45, 2.75) is 26.2 Å². The Morgan fingerprint density at radius 2 is 2.00 bits per heavy atom. The van der Waals surface area contributed by atoms with Gasteiger partial charge in [0.25, 0.3) is 0 Å². The number of aromatic amines is 1. The van der Waals surface area contributed by atoms with Crippen molar-refractivity contribution >= 4 is 11.6 Å². The Bertz CT molecular complexity index is 575. The average molecular weight is 223 g/mol. The number of aryl methyl sites for hydroxylation is 1. The van der Waals surface area contributed by atoms with E-state index in [4.69, 9.17) is 0 Å². The lowest BCUT2D eigenvalue weighted by Gasteiger charge is -2.11. The molecule has 0 saturated carbocycles. The van der Waals surface area contributed by atoms with Gasteiger partial charge < -0.3 is 4.98 Å². The second-order valence-corrected chi connectivity index (χ2v) is 4.68. The lowest BCUT2D eigenvalue weighted by Crippen LogP contribution is -1.96. The highest BCUT2D eigenvalue weighted by molar-refractivity contribution is 5.91. The molecule has 2 aromatic rings. The Kier molecular flexibility index (Phi) is 2.40. The van der Waals surface area contributed by atoms with E-state index in [1.54, 1.807) is 0 Å². The predicted molar refractivity (Wildman–Crippen MR) is 72.9 cm³/mol. The SMILES string of the molecule is CCc1cc[nH]c1C1=Cc2ccccc2C1C. The molecule has 1 aliphatic rings. The summed E-state index contributed by atoms with van der Waals surface area (Å²) in [6.07, 6.45) is 5.45. The van der Waals surface area contributed by atoms with Gasteiger partial charge in [-0.2, -0.15) is 0 Å². The molecule has 1 heterocycles. The zero-order valence-corrected chi connectivity index (χ0v) is 10.3. The van der Waals surface area contributed by atoms with Crippen LogP contribution in [-0.4, -0.2) is 4.98 Å². The summed E-state index contributed by atoms with van der Waals surface area (Å²) in [5.74, 6) is 0.496. The molecule has 1 heteroatoms. The highest BCUT2D eigenvalue weighted by Gasteiger charge is 2.23. The van der Waals surface area contributed by atoms with Crippen molar-refractivity contribution in [2.24, 2.45) is 0 Å². The molecule has 0 amide bonds. The third-order valence-electron chi connectivity index (χ3n) is 3.74. The summed E-state index contributed by atoms with van der Waals surface area (Å²) in [7, 11) is 0. The second kappa shape index (κ2) is 3.92. The Morgan fingerprint density at radius 1 is 1.18 bits per heavy atom. The molecule has 1 aliphatic carbocycles. The first kappa shape index (κ1) is 10.4. The van der Waals surface area contributed by atoms with Crippen LogP contribution in [0.3, 0.4) is 0 Å². The second-order valence-electron chi connectivity index (χ2n) is 4.68. The minimum atomic E-state index is 0.496. The van der Waals surface area contributed by atoms with E-state index in [1.165, 1.54) is 28.0 Å². The number of rotatable bonds is 2. The van der Waals surface area contributed by atoms with E-state index in [1.807, 2.05) is 6.20 Å². The first-order valence-electron chi connectivity index (χ1n) is 6.28. The van der Waals surface area contributed by atoms with E-state index in [-0.39, 0.29) is 0 Å². The first-order chi connectivity index (χ1) is 8.31. The molecule has 0 saturated heterocycles. The summed E-state index contributed by atoms with van der Waals surface area (Å²) >= 11 is 0. The standard InChI is InChI=1S/C16H17N/c1-3-12-8-9-17-16(12)15-10-13-6-4-5-7-14(13)11(15)2/h4-11,17H,3H2,1-2H3. The van der Waals surface area contributed by atoms with Gasteiger partial charge in [-0.15, -0.1) is 0 Å². The molecule has 1 atom stereocenters. The highest BCUT2D eigenvalue weighted by atomic mass is 14.7. The molecular weight excluding hydrogens is 206 g/mol. The molecule has 0 spiro atoms. The topological polar surface area (TPSA) is 15.8 Å². The number of allylic oxidation sites excluding steroid dienone is 1. The van der Waals surface area contributed by atoms with Crippen LogP contribution >= 0.6 is 0 Å². The molecule has 1 N–H and O–H groups in total. The normalized spacial score (nSPS) is 18.0. The monoisotopic (exact) mass is 223 g/mol. The van der Waals surface area contributed by atoms with Gasteiger partial charge in [0.05, 0.1) is 0 Å². The molecule has 17 heavy (non-hydrogen) atoms. The van der Waals surface area contributed by atoms with Gasteiger partial charge in [-0.05, 0) is 40.8 Å². The van der Waals surface area contributed by atoms with Gasteiger partial charge in [-0.3, -0.25) is 0 Å². The van der Waals surface area contributed by atoms with E-state index in [0.717, 1.165) is 6.42 Å².